The number of hydrogen-bond acceptors (Lipinski definition) is 6. The molecule has 0 aliphatic carbocycles. The van der Waals surface area contributed by atoms with Crippen LogP contribution in [0, 0.1) is 5.82 Å². The lowest BCUT2D eigenvalue weighted by Crippen LogP contribution is -2.53. The quantitative estimate of drug-likeness (QED) is 0.454. The van der Waals surface area contributed by atoms with E-state index in [-0.39, 0.29) is 24.8 Å². The number of ether oxygens (including phenoxy) is 2. The number of hydrogen-bond donors (Lipinski definition) is 1. The van der Waals surface area contributed by atoms with E-state index >= 15 is 0 Å². The number of carbonyl (C=O) groups is 3. The zero-order valence-corrected chi connectivity index (χ0v) is 22.1. The summed E-state index contributed by atoms with van der Waals surface area (Å²) in [7, 11) is 0. The number of piperidine rings is 1. The van der Waals surface area contributed by atoms with Crippen molar-refractivity contribution in [2.75, 3.05) is 26.2 Å². The molecular formula is C29H34FN3O5. The van der Waals surface area contributed by atoms with Crippen LogP contribution in [0.4, 0.5) is 9.18 Å². The van der Waals surface area contributed by atoms with Crippen LogP contribution in [0.15, 0.2) is 48.5 Å². The lowest BCUT2D eigenvalue weighted by Gasteiger charge is -2.42. The van der Waals surface area contributed by atoms with Crippen molar-refractivity contribution in [3.05, 3.63) is 65.5 Å². The summed E-state index contributed by atoms with van der Waals surface area (Å²) in [5, 5.41) is 2.87. The molecule has 3 amide bonds. The summed E-state index contributed by atoms with van der Waals surface area (Å²) in [5.74, 6) is -0.756. The molecule has 2 saturated heterocycles. The predicted octanol–water partition coefficient (Wildman–Crippen LogP) is 4.08. The van der Waals surface area contributed by atoms with E-state index in [1.165, 1.54) is 30.0 Å². The molecule has 1 spiro atoms. The maximum Gasteiger partial charge on any atom is 0.325 e. The number of amides is 3. The monoisotopic (exact) mass is 523 g/mol. The van der Waals surface area contributed by atoms with Crippen LogP contribution in [0.2, 0.25) is 0 Å². The fourth-order valence-corrected chi connectivity index (χ4v) is 6.18. The Morgan fingerprint density at radius 2 is 1.79 bits per heavy atom. The van der Waals surface area contributed by atoms with E-state index in [0.717, 1.165) is 18.7 Å². The van der Waals surface area contributed by atoms with Crippen LogP contribution in [0.1, 0.15) is 57.6 Å². The first-order valence-electron chi connectivity index (χ1n) is 13.1. The van der Waals surface area contributed by atoms with Gasteiger partial charge in [-0.05, 0) is 50.6 Å². The topological polar surface area (TPSA) is 88.2 Å². The lowest BCUT2D eigenvalue weighted by atomic mass is 9.77. The van der Waals surface area contributed by atoms with Gasteiger partial charge in [0.25, 0.3) is 5.91 Å². The van der Waals surface area contributed by atoms with Gasteiger partial charge in [0.2, 0.25) is 0 Å². The number of nitrogens with zero attached hydrogens (tertiary/aromatic N) is 2. The number of halogens is 1. The molecule has 1 N–H and O–H groups in total. The highest BCUT2D eigenvalue weighted by Crippen LogP contribution is 2.47. The Bertz CT molecular complexity index is 1240. The molecule has 8 nitrogen and oxygen atoms in total. The molecule has 38 heavy (non-hydrogen) atoms. The van der Waals surface area contributed by atoms with E-state index in [0.29, 0.717) is 37.1 Å². The molecule has 0 saturated carbocycles. The van der Waals surface area contributed by atoms with Crippen LogP contribution in [0.25, 0.3) is 0 Å². The van der Waals surface area contributed by atoms with Gasteiger partial charge in [-0.3, -0.25) is 14.5 Å². The molecule has 0 radical (unpaired) electrons. The minimum atomic E-state index is -1.35. The number of nitrogens with one attached hydrogen (secondary N) is 1. The van der Waals surface area contributed by atoms with Crippen molar-refractivity contribution in [3.8, 4) is 5.75 Å². The van der Waals surface area contributed by atoms with Gasteiger partial charge in [0.1, 0.15) is 22.8 Å². The number of urea groups is 1. The summed E-state index contributed by atoms with van der Waals surface area (Å²) in [6.45, 7) is 7.54. The average molecular weight is 524 g/mol. The third-order valence-electron chi connectivity index (χ3n) is 7.81. The first-order valence-corrected chi connectivity index (χ1v) is 13.1. The Hall–Kier alpha value is -3.46. The van der Waals surface area contributed by atoms with Crippen molar-refractivity contribution in [1.29, 1.82) is 0 Å². The van der Waals surface area contributed by atoms with Crippen LogP contribution in [0.3, 0.4) is 0 Å². The van der Waals surface area contributed by atoms with Crippen molar-refractivity contribution in [1.82, 2.24) is 15.1 Å². The van der Waals surface area contributed by atoms with Gasteiger partial charge < -0.3 is 19.7 Å². The van der Waals surface area contributed by atoms with E-state index in [9.17, 15) is 18.8 Å². The van der Waals surface area contributed by atoms with Gasteiger partial charge in [0.05, 0.1) is 0 Å². The smallest absolute Gasteiger partial charge is 0.325 e. The summed E-state index contributed by atoms with van der Waals surface area (Å²) in [6, 6.07) is 13.4. The molecule has 1 atom stereocenters. The fourth-order valence-electron chi connectivity index (χ4n) is 6.18. The van der Waals surface area contributed by atoms with Gasteiger partial charge in [0, 0.05) is 51.4 Å². The summed E-state index contributed by atoms with van der Waals surface area (Å²) >= 11 is 0. The van der Waals surface area contributed by atoms with Crippen molar-refractivity contribution < 1.29 is 28.2 Å². The summed E-state index contributed by atoms with van der Waals surface area (Å²) < 4.78 is 26.0. The Balaban J connectivity index is 1.23. The van der Waals surface area contributed by atoms with Crippen LogP contribution in [-0.2, 0) is 25.5 Å². The third kappa shape index (κ3) is 4.75. The number of rotatable bonds is 6. The second-order valence-corrected chi connectivity index (χ2v) is 11.1. The molecule has 202 valence electrons. The second-order valence-electron chi connectivity index (χ2n) is 11.1. The number of esters is 1. The summed E-state index contributed by atoms with van der Waals surface area (Å²) in [5.41, 5.74) is -1.35. The maximum atomic E-state index is 14.2. The first kappa shape index (κ1) is 26.2. The highest BCUT2D eigenvalue weighted by molar-refractivity contribution is 6.08. The van der Waals surface area contributed by atoms with Gasteiger partial charge in [-0.15, -0.1) is 0 Å². The van der Waals surface area contributed by atoms with E-state index in [1.54, 1.807) is 0 Å². The Kier molecular flexibility index (Phi) is 6.67. The van der Waals surface area contributed by atoms with Crippen LogP contribution >= 0.6 is 0 Å². The fraction of sp³-hybridized carbons (Fsp3) is 0.483. The third-order valence-corrected chi connectivity index (χ3v) is 7.81. The molecule has 5 rings (SSSR count). The number of benzene rings is 2. The van der Waals surface area contributed by atoms with Crippen LogP contribution in [0.5, 0.6) is 5.75 Å². The van der Waals surface area contributed by atoms with Gasteiger partial charge >= 0.3 is 12.0 Å². The zero-order chi connectivity index (χ0) is 27.1. The van der Waals surface area contributed by atoms with E-state index < -0.39 is 28.6 Å². The maximum absolute atomic E-state index is 14.2. The normalized spacial score (nSPS) is 24.1. The molecule has 0 aromatic heterocycles. The molecule has 0 bridgehead atoms. The van der Waals surface area contributed by atoms with E-state index in [2.05, 4.69) is 10.2 Å². The summed E-state index contributed by atoms with van der Waals surface area (Å²) in [6.07, 6.45) is 2.14. The lowest BCUT2D eigenvalue weighted by molar-refractivity contribution is -0.164. The molecule has 2 aromatic carbocycles. The van der Waals surface area contributed by atoms with Gasteiger partial charge in [0.15, 0.2) is 5.54 Å². The predicted molar refractivity (Wildman–Crippen MR) is 138 cm³/mol. The SMILES string of the molecule is CC(=O)OC1(c2ccccc2)CCN(CCCN2C(=O)NC3(CC(C)(C)Oc4ccc(F)cc43)C2=O)CC1. The van der Waals surface area contributed by atoms with Gasteiger partial charge in [-0.1, -0.05) is 30.3 Å². The number of likely N-dealkylation sites (tertiary alicyclic amines) is 1. The van der Waals surface area contributed by atoms with E-state index in [1.807, 2.05) is 44.2 Å². The second kappa shape index (κ2) is 9.69. The van der Waals surface area contributed by atoms with Gasteiger partial charge in [-0.25, -0.2) is 9.18 Å². The average Bonchev–Trinajstić information content (AvgIpc) is 3.09. The van der Waals surface area contributed by atoms with Crippen molar-refractivity contribution in [2.45, 2.75) is 63.2 Å². The number of fused-ring (bicyclic) bond motifs is 2. The molecule has 3 aliphatic heterocycles. The van der Waals surface area contributed by atoms with Crippen molar-refractivity contribution >= 4 is 17.9 Å². The minimum Gasteiger partial charge on any atom is -0.487 e. The van der Waals surface area contributed by atoms with Crippen molar-refractivity contribution in [3.63, 3.8) is 0 Å². The molecular weight excluding hydrogens is 489 g/mol. The Morgan fingerprint density at radius 1 is 1.08 bits per heavy atom. The molecule has 2 aromatic rings. The Labute approximate surface area is 222 Å². The Morgan fingerprint density at radius 3 is 2.47 bits per heavy atom. The summed E-state index contributed by atoms with van der Waals surface area (Å²) in [4.78, 5) is 42.1. The molecule has 3 aliphatic rings. The number of imide groups is 1. The molecule has 9 heteroatoms. The molecule has 3 heterocycles. The largest absolute Gasteiger partial charge is 0.487 e. The highest BCUT2D eigenvalue weighted by Gasteiger charge is 2.58. The van der Waals surface area contributed by atoms with E-state index in [4.69, 9.17) is 9.47 Å². The number of carbonyl (C=O) groups excluding carboxylic acids is 3. The standard InChI is InChI=1S/C29H34FN3O5/c1-20(34)37-28(21-8-5-4-6-9-21)12-16-32(17-13-28)14-7-15-33-25(35)29(31-26(33)36)19-27(2,3)38-24-11-10-22(30)18-23(24)29/h4-6,8-11,18H,7,12-17,19H2,1-3H3,(H,31,36). The zero-order valence-electron chi connectivity index (χ0n) is 22.1. The first-order chi connectivity index (χ1) is 18.0. The van der Waals surface area contributed by atoms with Crippen molar-refractivity contribution in [2.24, 2.45) is 0 Å². The van der Waals surface area contributed by atoms with Gasteiger partial charge in [-0.2, -0.15) is 0 Å². The van der Waals surface area contributed by atoms with Crippen LogP contribution in [-0.4, -0.2) is 59.5 Å². The molecule has 1 unspecified atom stereocenters. The molecule has 2 fully saturated rings. The highest BCUT2D eigenvalue weighted by atomic mass is 19.1. The minimum absolute atomic E-state index is 0.210. The van der Waals surface area contributed by atoms with Crippen LogP contribution < -0.4 is 10.1 Å².